The average molecular weight is 383 g/mol. The summed E-state index contributed by atoms with van der Waals surface area (Å²) in [5, 5.41) is 0.856. The van der Waals surface area contributed by atoms with Gasteiger partial charge in [0.15, 0.2) is 24.6 Å². The molecular formula is C22H25NO5. The van der Waals surface area contributed by atoms with Crippen molar-refractivity contribution in [1.29, 1.82) is 0 Å². The molecule has 3 rings (SSSR count). The molecule has 28 heavy (non-hydrogen) atoms. The van der Waals surface area contributed by atoms with Gasteiger partial charge in [-0.2, -0.15) is 0 Å². The summed E-state index contributed by atoms with van der Waals surface area (Å²) in [5.41, 5.74) is 4.46. The van der Waals surface area contributed by atoms with Crippen LogP contribution in [0.3, 0.4) is 0 Å². The average Bonchev–Trinajstić information content (AvgIpc) is 3.04. The number of methoxy groups -OCH3 is 3. The second-order valence-electron chi connectivity index (χ2n) is 6.34. The summed E-state index contributed by atoms with van der Waals surface area (Å²) in [6.07, 6.45) is 0.857. The third-order valence-corrected chi connectivity index (χ3v) is 4.87. The predicted molar refractivity (Wildman–Crippen MR) is 109 cm³/mol. The van der Waals surface area contributed by atoms with E-state index in [1.165, 1.54) is 0 Å². The van der Waals surface area contributed by atoms with E-state index in [1.54, 1.807) is 27.4 Å². The number of fused-ring (bicyclic) bond motifs is 1. The van der Waals surface area contributed by atoms with E-state index in [2.05, 4.69) is 11.5 Å². The number of carbonyl (C=O) groups is 1. The van der Waals surface area contributed by atoms with Gasteiger partial charge in [-0.05, 0) is 55.3 Å². The van der Waals surface area contributed by atoms with Crippen molar-refractivity contribution in [3.8, 4) is 28.5 Å². The fraction of sp³-hybridized carbons (Fsp3) is 0.318. The molecule has 0 atom stereocenters. The van der Waals surface area contributed by atoms with Gasteiger partial charge in [0.25, 0.3) is 0 Å². The Morgan fingerprint density at radius 3 is 2.32 bits per heavy atom. The standard InChI is InChI=1S/C22H25NO5/c1-6-23-20(15-7-9-17(26-4)10-8-15)14(2)19-16(12-24)11-18(27-5)22(21(19)23)28-13-25-3/h7-12H,6,13H2,1-5H3. The number of carbonyl (C=O) groups excluding carboxylic acids is 1. The number of rotatable bonds is 8. The second-order valence-corrected chi connectivity index (χ2v) is 6.34. The minimum Gasteiger partial charge on any atom is -0.497 e. The molecule has 0 aliphatic carbocycles. The van der Waals surface area contributed by atoms with E-state index in [0.29, 0.717) is 23.6 Å². The van der Waals surface area contributed by atoms with Crippen LogP contribution in [-0.4, -0.2) is 39.0 Å². The molecule has 0 aliphatic rings. The van der Waals surface area contributed by atoms with Gasteiger partial charge < -0.3 is 23.5 Å². The maximum atomic E-state index is 11.8. The third-order valence-electron chi connectivity index (χ3n) is 4.87. The lowest BCUT2D eigenvalue weighted by Gasteiger charge is -2.15. The predicted octanol–water partition coefficient (Wildman–Crippen LogP) is 4.45. The highest BCUT2D eigenvalue weighted by molar-refractivity contribution is 6.06. The molecule has 0 spiro atoms. The minimum absolute atomic E-state index is 0.0811. The Hall–Kier alpha value is -2.99. The van der Waals surface area contributed by atoms with Gasteiger partial charge in [-0.1, -0.05) is 0 Å². The van der Waals surface area contributed by atoms with E-state index >= 15 is 0 Å². The largest absolute Gasteiger partial charge is 0.497 e. The number of aromatic nitrogens is 1. The SMILES string of the molecule is CCn1c(-c2ccc(OC)cc2)c(C)c2c(C=O)cc(OC)c(OCOC)c21. The smallest absolute Gasteiger partial charge is 0.189 e. The molecule has 0 amide bonds. The first-order valence-electron chi connectivity index (χ1n) is 9.06. The highest BCUT2D eigenvalue weighted by atomic mass is 16.7. The van der Waals surface area contributed by atoms with Crippen LogP contribution in [0.4, 0.5) is 0 Å². The summed E-state index contributed by atoms with van der Waals surface area (Å²) in [7, 11) is 4.77. The van der Waals surface area contributed by atoms with Crippen molar-refractivity contribution in [2.24, 2.45) is 0 Å². The highest BCUT2D eigenvalue weighted by Crippen LogP contribution is 2.44. The molecule has 0 fully saturated rings. The van der Waals surface area contributed by atoms with Gasteiger partial charge in [-0.15, -0.1) is 0 Å². The fourth-order valence-electron chi connectivity index (χ4n) is 3.67. The first-order valence-corrected chi connectivity index (χ1v) is 9.06. The lowest BCUT2D eigenvalue weighted by molar-refractivity contribution is 0.0500. The molecule has 148 valence electrons. The van der Waals surface area contributed by atoms with E-state index in [4.69, 9.17) is 18.9 Å². The topological polar surface area (TPSA) is 58.9 Å². The normalized spacial score (nSPS) is 10.9. The lowest BCUT2D eigenvalue weighted by Crippen LogP contribution is -2.05. The Kier molecular flexibility index (Phi) is 5.90. The molecule has 0 radical (unpaired) electrons. The zero-order valence-corrected chi connectivity index (χ0v) is 16.9. The molecule has 1 heterocycles. The Morgan fingerprint density at radius 1 is 1.07 bits per heavy atom. The van der Waals surface area contributed by atoms with Gasteiger partial charge in [-0.25, -0.2) is 0 Å². The fourth-order valence-corrected chi connectivity index (χ4v) is 3.67. The van der Waals surface area contributed by atoms with Crippen molar-refractivity contribution in [2.75, 3.05) is 28.1 Å². The van der Waals surface area contributed by atoms with E-state index in [9.17, 15) is 4.79 Å². The molecule has 3 aromatic rings. The van der Waals surface area contributed by atoms with Crippen molar-refractivity contribution in [3.05, 3.63) is 41.5 Å². The van der Waals surface area contributed by atoms with Crippen LogP contribution < -0.4 is 14.2 Å². The molecule has 0 unspecified atom stereocenters. The highest BCUT2D eigenvalue weighted by Gasteiger charge is 2.24. The zero-order chi connectivity index (χ0) is 20.3. The molecule has 0 saturated heterocycles. The number of hydrogen-bond donors (Lipinski definition) is 0. The van der Waals surface area contributed by atoms with E-state index < -0.39 is 0 Å². The molecule has 6 heteroatoms. The molecule has 0 aliphatic heterocycles. The van der Waals surface area contributed by atoms with Gasteiger partial charge in [0.1, 0.15) is 5.75 Å². The van der Waals surface area contributed by atoms with Crippen LogP contribution in [0.5, 0.6) is 17.2 Å². The van der Waals surface area contributed by atoms with E-state index in [-0.39, 0.29) is 6.79 Å². The summed E-state index contributed by atoms with van der Waals surface area (Å²) >= 11 is 0. The van der Waals surface area contributed by atoms with Crippen LogP contribution >= 0.6 is 0 Å². The number of nitrogens with zero attached hydrogens (tertiary/aromatic N) is 1. The zero-order valence-electron chi connectivity index (χ0n) is 16.9. The quantitative estimate of drug-likeness (QED) is 0.425. The van der Waals surface area contributed by atoms with Crippen molar-refractivity contribution in [1.82, 2.24) is 4.57 Å². The van der Waals surface area contributed by atoms with Crippen LogP contribution in [-0.2, 0) is 11.3 Å². The van der Waals surface area contributed by atoms with Crippen LogP contribution in [0.2, 0.25) is 0 Å². The first-order chi connectivity index (χ1) is 13.6. The molecule has 2 aromatic carbocycles. The van der Waals surface area contributed by atoms with Crippen molar-refractivity contribution in [2.45, 2.75) is 20.4 Å². The van der Waals surface area contributed by atoms with Gasteiger partial charge in [0, 0.05) is 24.6 Å². The summed E-state index contributed by atoms with van der Waals surface area (Å²) < 4.78 is 23.9. The van der Waals surface area contributed by atoms with Crippen LogP contribution in [0.15, 0.2) is 30.3 Å². The summed E-state index contributed by atoms with van der Waals surface area (Å²) in [6.45, 7) is 4.86. The molecule has 1 aromatic heterocycles. The summed E-state index contributed by atoms with van der Waals surface area (Å²) in [5.74, 6) is 1.86. The Morgan fingerprint density at radius 2 is 1.79 bits per heavy atom. The van der Waals surface area contributed by atoms with Gasteiger partial charge in [0.2, 0.25) is 0 Å². The molecule has 6 nitrogen and oxygen atoms in total. The van der Waals surface area contributed by atoms with Crippen LogP contribution in [0.25, 0.3) is 22.2 Å². The minimum atomic E-state index is 0.0811. The van der Waals surface area contributed by atoms with Crippen LogP contribution in [0.1, 0.15) is 22.8 Å². The Balaban J connectivity index is 2.39. The van der Waals surface area contributed by atoms with Crippen molar-refractivity contribution >= 4 is 17.2 Å². The number of benzene rings is 2. The number of aldehydes is 1. The maximum absolute atomic E-state index is 11.8. The Bertz CT molecular complexity index is 989. The monoisotopic (exact) mass is 383 g/mol. The van der Waals surface area contributed by atoms with E-state index in [1.807, 2.05) is 31.2 Å². The van der Waals surface area contributed by atoms with Gasteiger partial charge in [0.05, 0.1) is 25.4 Å². The molecule has 0 N–H and O–H groups in total. The summed E-state index contributed by atoms with van der Waals surface area (Å²) in [4.78, 5) is 11.8. The molecule has 0 bridgehead atoms. The van der Waals surface area contributed by atoms with Gasteiger partial charge >= 0.3 is 0 Å². The molecule has 0 saturated carbocycles. The number of hydrogen-bond acceptors (Lipinski definition) is 5. The van der Waals surface area contributed by atoms with Crippen LogP contribution in [0, 0.1) is 6.92 Å². The van der Waals surface area contributed by atoms with Crippen molar-refractivity contribution < 1.29 is 23.7 Å². The Labute approximate surface area is 164 Å². The summed E-state index contributed by atoms with van der Waals surface area (Å²) in [6, 6.07) is 9.59. The first kappa shape index (κ1) is 19.8. The van der Waals surface area contributed by atoms with E-state index in [0.717, 1.165) is 39.8 Å². The van der Waals surface area contributed by atoms with Crippen molar-refractivity contribution in [3.63, 3.8) is 0 Å². The molecular weight excluding hydrogens is 358 g/mol. The van der Waals surface area contributed by atoms with Gasteiger partial charge in [-0.3, -0.25) is 4.79 Å². The second kappa shape index (κ2) is 8.35. The lowest BCUT2D eigenvalue weighted by atomic mass is 10.0. The maximum Gasteiger partial charge on any atom is 0.189 e. The number of aryl methyl sites for hydroxylation is 2. The third kappa shape index (κ3) is 3.20. The number of ether oxygens (including phenoxy) is 4.